The number of primary amides is 1. The molecule has 1 aromatic heterocycles. The number of aromatic nitrogens is 1. The van der Waals surface area contributed by atoms with Crippen molar-refractivity contribution in [1.29, 1.82) is 0 Å². The Morgan fingerprint density at radius 1 is 1.16 bits per heavy atom. The highest BCUT2D eigenvalue weighted by molar-refractivity contribution is 6.33. The van der Waals surface area contributed by atoms with E-state index in [0.29, 0.717) is 43.2 Å². The fourth-order valence-corrected chi connectivity index (χ4v) is 3.56. The van der Waals surface area contributed by atoms with Gasteiger partial charge in [-0.3, -0.25) is 14.5 Å². The molecule has 1 aliphatic heterocycles. The summed E-state index contributed by atoms with van der Waals surface area (Å²) in [4.78, 5) is 31.3. The predicted molar refractivity (Wildman–Crippen MR) is 111 cm³/mol. The number of alkyl halides is 3. The molecule has 1 aliphatic rings. The zero-order valence-corrected chi connectivity index (χ0v) is 17.4. The second-order valence-electron chi connectivity index (χ2n) is 7.16. The molecule has 3 rings (SSSR count). The van der Waals surface area contributed by atoms with E-state index in [-0.39, 0.29) is 10.9 Å². The van der Waals surface area contributed by atoms with Gasteiger partial charge in [-0.2, -0.15) is 13.2 Å². The van der Waals surface area contributed by atoms with Crippen molar-refractivity contribution < 1.29 is 22.8 Å². The summed E-state index contributed by atoms with van der Waals surface area (Å²) in [5.41, 5.74) is 5.19. The molecule has 1 aromatic carbocycles. The average molecular weight is 456 g/mol. The lowest BCUT2D eigenvalue weighted by Gasteiger charge is -2.38. The Labute approximate surface area is 182 Å². The molecule has 3 N–H and O–H groups in total. The molecule has 0 unspecified atom stereocenters. The number of carbonyl (C=O) groups is 2. The molecule has 166 valence electrons. The van der Waals surface area contributed by atoms with Gasteiger partial charge in [0.15, 0.2) is 0 Å². The Bertz CT molecular complexity index is 960. The molecule has 0 saturated carbocycles. The van der Waals surface area contributed by atoms with E-state index in [2.05, 4.69) is 10.3 Å². The normalized spacial score (nSPS) is 16.1. The SMILES string of the molecule is C[C@@H](C(=O)Nc1ccc(C(N)=O)cc1)N1CCN(c2ncc(C(F)(F)F)cc2Cl)CC1. The van der Waals surface area contributed by atoms with Crippen LogP contribution in [0.4, 0.5) is 24.7 Å². The van der Waals surface area contributed by atoms with Crippen molar-refractivity contribution in [1.82, 2.24) is 9.88 Å². The number of hydrogen-bond acceptors (Lipinski definition) is 5. The van der Waals surface area contributed by atoms with Gasteiger partial charge in [0.1, 0.15) is 5.82 Å². The van der Waals surface area contributed by atoms with E-state index in [0.717, 1.165) is 12.3 Å². The number of benzene rings is 1. The highest BCUT2D eigenvalue weighted by atomic mass is 35.5. The number of amides is 2. The highest BCUT2D eigenvalue weighted by Crippen LogP contribution is 2.33. The molecule has 1 saturated heterocycles. The second-order valence-corrected chi connectivity index (χ2v) is 7.56. The van der Waals surface area contributed by atoms with Gasteiger partial charge in [0.05, 0.1) is 16.6 Å². The first kappa shape index (κ1) is 22.8. The molecule has 11 heteroatoms. The molecule has 0 bridgehead atoms. The van der Waals surface area contributed by atoms with E-state index in [9.17, 15) is 22.8 Å². The average Bonchev–Trinajstić information content (AvgIpc) is 2.73. The number of pyridine rings is 1. The van der Waals surface area contributed by atoms with Gasteiger partial charge in [-0.15, -0.1) is 0 Å². The monoisotopic (exact) mass is 455 g/mol. The molecule has 2 aromatic rings. The van der Waals surface area contributed by atoms with Crippen LogP contribution in [0.25, 0.3) is 0 Å². The molecule has 7 nitrogen and oxygen atoms in total. The smallest absolute Gasteiger partial charge is 0.366 e. The van der Waals surface area contributed by atoms with Crippen LogP contribution in [0.15, 0.2) is 36.5 Å². The van der Waals surface area contributed by atoms with Crippen molar-refractivity contribution in [3.05, 3.63) is 52.7 Å². The molecule has 2 amide bonds. The van der Waals surface area contributed by atoms with Crippen LogP contribution in [0, 0.1) is 0 Å². The molecule has 2 heterocycles. The first-order valence-corrected chi connectivity index (χ1v) is 9.86. The van der Waals surface area contributed by atoms with E-state index < -0.39 is 23.7 Å². The van der Waals surface area contributed by atoms with Crippen molar-refractivity contribution in [2.45, 2.75) is 19.1 Å². The number of carbonyl (C=O) groups excluding carboxylic acids is 2. The minimum absolute atomic E-state index is 0.0616. The van der Waals surface area contributed by atoms with Crippen LogP contribution in [0.5, 0.6) is 0 Å². The molecule has 31 heavy (non-hydrogen) atoms. The van der Waals surface area contributed by atoms with Crippen LogP contribution in [0.1, 0.15) is 22.8 Å². The number of halogens is 4. The van der Waals surface area contributed by atoms with Crippen molar-refractivity contribution >= 4 is 34.9 Å². The molecule has 1 fully saturated rings. The van der Waals surface area contributed by atoms with Crippen LogP contribution in [-0.2, 0) is 11.0 Å². The Morgan fingerprint density at radius 2 is 1.77 bits per heavy atom. The standard InChI is InChI=1S/C20H21ClF3N5O2/c1-12(19(31)27-15-4-2-13(3-5-15)17(25)30)28-6-8-29(9-7-28)18-16(21)10-14(11-26-18)20(22,23)24/h2-5,10-12H,6-9H2,1H3,(H2,25,30)(H,27,31)/t12-/m0/s1. The van der Waals surface area contributed by atoms with E-state index in [1.165, 1.54) is 12.1 Å². The summed E-state index contributed by atoms with van der Waals surface area (Å²) in [7, 11) is 0. The summed E-state index contributed by atoms with van der Waals surface area (Å²) < 4.78 is 38.4. The second kappa shape index (κ2) is 9.11. The highest BCUT2D eigenvalue weighted by Gasteiger charge is 2.33. The van der Waals surface area contributed by atoms with Crippen molar-refractivity contribution in [3.8, 4) is 0 Å². The zero-order valence-electron chi connectivity index (χ0n) is 16.6. The van der Waals surface area contributed by atoms with Crippen LogP contribution in [0.3, 0.4) is 0 Å². The predicted octanol–water partition coefficient (Wildman–Crippen LogP) is 3.00. The van der Waals surface area contributed by atoms with Gasteiger partial charge in [-0.05, 0) is 37.3 Å². The number of nitrogens with zero attached hydrogens (tertiary/aromatic N) is 3. The van der Waals surface area contributed by atoms with Crippen LogP contribution in [0.2, 0.25) is 5.02 Å². The first-order chi connectivity index (χ1) is 14.6. The summed E-state index contributed by atoms with van der Waals surface area (Å²) >= 11 is 6.03. The number of nitrogens with one attached hydrogen (secondary N) is 1. The molecular formula is C20H21ClF3N5O2. The van der Waals surface area contributed by atoms with Crippen molar-refractivity contribution in [3.63, 3.8) is 0 Å². The number of piperazine rings is 1. The minimum Gasteiger partial charge on any atom is -0.366 e. The maximum Gasteiger partial charge on any atom is 0.417 e. The summed E-state index contributed by atoms with van der Waals surface area (Å²) in [5.74, 6) is -0.473. The Kier molecular flexibility index (Phi) is 6.71. The van der Waals surface area contributed by atoms with Gasteiger partial charge < -0.3 is 16.0 Å². The first-order valence-electron chi connectivity index (χ1n) is 9.48. The Hall–Kier alpha value is -2.85. The largest absolute Gasteiger partial charge is 0.417 e. The van der Waals surface area contributed by atoms with E-state index in [1.54, 1.807) is 24.0 Å². The third kappa shape index (κ3) is 5.45. The lowest BCUT2D eigenvalue weighted by Crippen LogP contribution is -2.53. The van der Waals surface area contributed by atoms with Crippen molar-refractivity contribution in [2.24, 2.45) is 5.73 Å². The van der Waals surface area contributed by atoms with E-state index >= 15 is 0 Å². The summed E-state index contributed by atoms with van der Waals surface area (Å²) in [6.45, 7) is 3.71. The Morgan fingerprint density at radius 3 is 2.29 bits per heavy atom. The zero-order chi connectivity index (χ0) is 22.8. The van der Waals surface area contributed by atoms with Crippen LogP contribution >= 0.6 is 11.6 Å². The number of anilines is 2. The van der Waals surface area contributed by atoms with Gasteiger partial charge >= 0.3 is 6.18 Å². The molecule has 1 atom stereocenters. The summed E-state index contributed by atoms with van der Waals surface area (Å²) in [5, 5.41) is 2.73. The fourth-order valence-electron chi connectivity index (χ4n) is 3.27. The molecule has 0 radical (unpaired) electrons. The Balaban J connectivity index is 1.57. The molecule has 0 spiro atoms. The third-order valence-corrected chi connectivity index (χ3v) is 5.41. The van der Waals surface area contributed by atoms with Gasteiger partial charge in [0.2, 0.25) is 11.8 Å². The maximum absolute atomic E-state index is 12.8. The van der Waals surface area contributed by atoms with E-state index in [1.807, 2.05) is 4.90 Å². The van der Waals surface area contributed by atoms with Crippen LogP contribution < -0.4 is 16.0 Å². The molecular weight excluding hydrogens is 435 g/mol. The van der Waals surface area contributed by atoms with Gasteiger partial charge in [-0.25, -0.2) is 4.98 Å². The quantitative estimate of drug-likeness (QED) is 0.723. The number of rotatable bonds is 5. The van der Waals surface area contributed by atoms with Crippen LogP contribution in [-0.4, -0.2) is 53.9 Å². The summed E-state index contributed by atoms with van der Waals surface area (Å²) in [6.07, 6.45) is -3.73. The van der Waals surface area contributed by atoms with E-state index in [4.69, 9.17) is 17.3 Å². The maximum atomic E-state index is 12.8. The molecule has 0 aliphatic carbocycles. The van der Waals surface area contributed by atoms with Gasteiger partial charge in [0, 0.05) is 43.6 Å². The third-order valence-electron chi connectivity index (χ3n) is 5.13. The van der Waals surface area contributed by atoms with Crippen molar-refractivity contribution in [2.75, 3.05) is 36.4 Å². The topological polar surface area (TPSA) is 91.6 Å². The lowest BCUT2D eigenvalue weighted by atomic mass is 10.1. The number of nitrogens with two attached hydrogens (primary N) is 1. The summed E-state index contributed by atoms with van der Waals surface area (Å²) in [6, 6.07) is 6.69. The lowest BCUT2D eigenvalue weighted by molar-refractivity contribution is -0.137. The fraction of sp³-hybridized carbons (Fsp3) is 0.350. The minimum atomic E-state index is -4.50. The van der Waals surface area contributed by atoms with Gasteiger partial charge in [0.25, 0.3) is 0 Å². The number of hydrogen-bond donors (Lipinski definition) is 2. The van der Waals surface area contributed by atoms with Gasteiger partial charge in [-0.1, -0.05) is 11.6 Å².